The van der Waals surface area contributed by atoms with Crippen molar-refractivity contribution in [2.75, 3.05) is 19.6 Å². The van der Waals surface area contributed by atoms with Gasteiger partial charge < -0.3 is 15.5 Å². The highest BCUT2D eigenvalue weighted by Gasteiger charge is 2.36. The zero-order chi connectivity index (χ0) is 15.5. The summed E-state index contributed by atoms with van der Waals surface area (Å²) >= 11 is 0. The van der Waals surface area contributed by atoms with E-state index >= 15 is 0 Å². The third-order valence-corrected chi connectivity index (χ3v) is 4.19. The van der Waals surface area contributed by atoms with Crippen molar-refractivity contribution in [1.29, 1.82) is 0 Å². The molecule has 5 heteroatoms. The van der Waals surface area contributed by atoms with E-state index < -0.39 is 11.7 Å². The van der Waals surface area contributed by atoms with Gasteiger partial charge in [0.2, 0.25) is 5.91 Å². The molecule has 1 aliphatic heterocycles. The van der Waals surface area contributed by atoms with Crippen molar-refractivity contribution < 1.29 is 15.0 Å². The molecule has 1 heterocycles. The fourth-order valence-corrected chi connectivity index (χ4v) is 2.49. The van der Waals surface area contributed by atoms with Gasteiger partial charge in [-0.1, -0.05) is 24.3 Å². The van der Waals surface area contributed by atoms with Crippen LogP contribution in [0.5, 0.6) is 0 Å². The molecule has 0 aromatic heterocycles. The monoisotopic (exact) mass is 292 g/mol. The van der Waals surface area contributed by atoms with E-state index in [0.29, 0.717) is 26.1 Å². The number of piperidine rings is 1. The smallest absolute Gasteiger partial charge is 0.234 e. The Kier molecular flexibility index (Phi) is 4.98. The molecule has 1 aromatic rings. The Morgan fingerprint density at radius 2 is 2.19 bits per heavy atom. The highest BCUT2D eigenvalue weighted by atomic mass is 16.3. The number of rotatable bonds is 4. The van der Waals surface area contributed by atoms with Crippen molar-refractivity contribution >= 4 is 5.91 Å². The van der Waals surface area contributed by atoms with Crippen molar-refractivity contribution in [2.45, 2.75) is 38.5 Å². The molecule has 0 unspecified atom stereocenters. The van der Waals surface area contributed by atoms with E-state index in [1.807, 2.05) is 36.1 Å². The van der Waals surface area contributed by atoms with E-state index in [0.717, 1.165) is 11.1 Å². The Morgan fingerprint density at radius 3 is 2.86 bits per heavy atom. The van der Waals surface area contributed by atoms with Crippen molar-refractivity contribution in [3.05, 3.63) is 35.4 Å². The van der Waals surface area contributed by atoms with E-state index in [-0.39, 0.29) is 12.5 Å². The molecule has 0 aliphatic carbocycles. The number of aliphatic hydroxyl groups excluding tert-OH is 1. The molecule has 0 saturated carbocycles. The molecule has 5 nitrogen and oxygen atoms in total. The van der Waals surface area contributed by atoms with Gasteiger partial charge in [-0.05, 0) is 31.4 Å². The number of hydrogen-bond donors (Lipinski definition) is 3. The lowest BCUT2D eigenvalue weighted by molar-refractivity contribution is -0.129. The summed E-state index contributed by atoms with van der Waals surface area (Å²) < 4.78 is 0. The van der Waals surface area contributed by atoms with Crippen LogP contribution in [0.25, 0.3) is 0 Å². The standard InChI is InChI=1S/C16H24N2O3/c1-12-5-3-4-6-13(12)9-17-15(20)11-18-8-7-16(2,21)14(19)10-18/h3-6,14,19,21H,7-11H2,1-2H3,(H,17,20)/t14-,16+/m0/s1. The van der Waals surface area contributed by atoms with Gasteiger partial charge in [0.1, 0.15) is 0 Å². The van der Waals surface area contributed by atoms with Gasteiger partial charge in [-0.2, -0.15) is 0 Å². The molecule has 116 valence electrons. The number of β-amino-alcohol motifs (C(OH)–C–C–N with tert-alkyl or cyclic N) is 1. The minimum atomic E-state index is -1.05. The summed E-state index contributed by atoms with van der Waals surface area (Å²) in [7, 11) is 0. The number of carbonyl (C=O) groups excluding carboxylic acids is 1. The molecule has 1 amide bonds. The number of benzene rings is 1. The Morgan fingerprint density at radius 1 is 1.48 bits per heavy atom. The van der Waals surface area contributed by atoms with Crippen LogP contribution >= 0.6 is 0 Å². The first-order valence-corrected chi connectivity index (χ1v) is 7.32. The van der Waals surface area contributed by atoms with E-state index in [9.17, 15) is 15.0 Å². The zero-order valence-electron chi connectivity index (χ0n) is 12.7. The number of hydrogen-bond acceptors (Lipinski definition) is 4. The van der Waals surface area contributed by atoms with Crippen molar-refractivity contribution in [1.82, 2.24) is 10.2 Å². The molecule has 0 radical (unpaired) electrons. The fourth-order valence-electron chi connectivity index (χ4n) is 2.49. The van der Waals surface area contributed by atoms with E-state index in [1.165, 1.54) is 0 Å². The van der Waals surface area contributed by atoms with Crippen LogP contribution in [0, 0.1) is 6.92 Å². The van der Waals surface area contributed by atoms with E-state index in [4.69, 9.17) is 0 Å². The summed E-state index contributed by atoms with van der Waals surface area (Å²) in [6.45, 7) is 5.35. The molecular formula is C16H24N2O3. The topological polar surface area (TPSA) is 72.8 Å². The van der Waals surface area contributed by atoms with Crippen LogP contribution in [-0.2, 0) is 11.3 Å². The first-order valence-electron chi connectivity index (χ1n) is 7.32. The maximum atomic E-state index is 12.0. The maximum absolute atomic E-state index is 12.0. The largest absolute Gasteiger partial charge is 0.389 e. The number of aliphatic hydroxyl groups is 2. The number of aryl methyl sites for hydroxylation is 1. The minimum absolute atomic E-state index is 0.0630. The predicted molar refractivity (Wildman–Crippen MR) is 80.7 cm³/mol. The van der Waals surface area contributed by atoms with Gasteiger partial charge in [0.15, 0.2) is 0 Å². The molecule has 1 saturated heterocycles. The van der Waals surface area contributed by atoms with Crippen LogP contribution in [0.3, 0.4) is 0 Å². The van der Waals surface area contributed by atoms with Gasteiger partial charge in [0.05, 0.1) is 18.2 Å². The lowest BCUT2D eigenvalue weighted by Crippen LogP contribution is -2.55. The first-order chi connectivity index (χ1) is 9.88. The van der Waals surface area contributed by atoms with Crippen LogP contribution in [-0.4, -0.2) is 52.4 Å². The summed E-state index contributed by atoms with van der Waals surface area (Å²) in [5, 5.41) is 22.6. The molecule has 3 N–H and O–H groups in total. The van der Waals surface area contributed by atoms with Gasteiger partial charge in [0, 0.05) is 19.6 Å². The van der Waals surface area contributed by atoms with Crippen LogP contribution in [0.2, 0.25) is 0 Å². The maximum Gasteiger partial charge on any atom is 0.234 e. The zero-order valence-corrected chi connectivity index (χ0v) is 12.7. The van der Waals surface area contributed by atoms with Crippen LogP contribution in [0.4, 0.5) is 0 Å². The van der Waals surface area contributed by atoms with Crippen LogP contribution in [0.15, 0.2) is 24.3 Å². The quantitative estimate of drug-likeness (QED) is 0.752. The molecule has 1 aromatic carbocycles. The van der Waals surface area contributed by atoms with Crippen LogP contribution in [0.1, 0.15) is 24.5 Å². The molecule has 21 heavy (non-hydrogen) atoms. The average molecular weight is 292 g/mol. The summed E-state index contributed by atoms with van der Waals surface area (Å²) in [6, 6.07) is 7.95. The van der Waals surface area contributed by atoms with Gasteiger partial charge in [-0.25, -0.2) is 0 Å². The molecule has 1 fully saturated rings. The van der Waals surface area contributed by atoms with Gasteiger partial charge in [-0.3, -0.25) is 9.69 Å². The fraction of sp³-hybridized carbons (Fsp3) is 0.562. The number of amides is 1. The Labute approximate surface area is 125 Å². The first kappa shape index (κ1) is 15.9. The normalized spacial score (nSPS) is 26.6. The Bertz CT molecular complexity index is 502. The second-order valence-electron chi connectivity index (χ2n) is 6.06. The predicted octanol–water partition coefficient (Wildman–Crippen LogP) is 0.429. The summed E-state index contributed by atoms with van der Waals surface area (Å²) in [5.74, 6) is -0.0630. The SMILES string of the molecule is Cc1ccccc1CNC(=O)CN1CC[C@@](C)(O)[C@@H](O)C1. The molecule has 2 atom stereocenters. The lowest BCUT2D eigenvalue weighted by Gasteiger charge is -2.39. The summed E-state index contributed by atoms with van der Waals surface area (Å²) in [6.07, 6.45) is -0.338. The van der Waals surface area contributed by atoms with Crippen LogP contribution < -0.4 is 5.32 Å². The number of likely N-dealkylation sites (tertiary alicyclic amines) is 1. The average Bonchev–Trinajstić information content (AvgIpc) is 2.42. The second-order valence-corrected chi connectivity index (χ2v) is 6.06. The molecule has 2 rings (SSSR count). The summed E-state index contributed by atoms with van der Waals surface area (Å²) in [5.41, 5.74) is 1.21. The third kappa shape index (κ3) is 4.27. The third-order valence-electron chi connectivity index (χ3n) is 4.19. The minimum Gasteiger partial charge on any atom is -0.389 e. The van der Waals surface area contributed by atoms with Crippen molar-refractivity contribution in [3.63, 3.8) is 0 Å². The molecule has 0 spiro atoms. The highest BCUT2D eigenvalue weighted by Crippen LogP contribution is 2.21. The van der Waals surface area contributed by atoms with Gasteiger partial charge in [0.25, 0.3) is 0 Å². The lowest BCUT2D eigenvalue weighted by atomic mass is 9.91. The Balaban J connectivity index is 1.79. The highest BCUT2D eigenvalue weighted by molar-refractivity contribution is 5.78. The van der Waals surface area contributed by atoms with E-state index in [2.05, 4.69) is 5.32 Å². The second kappa shape index (κ2) is 6.56. The summed E-state index contributed by atoms with van der Waals surface area (Å²) in [4.78, 5) is 13.8. The molecular weight excluding hydrogens is 268 g/mol. The molecule has 1 aliphatic rings. The van der Waals surface area contributed by atoms with Gasteiger partial charge >= 0.3 is 0 Å². The van der Waals surface area contributed by atoms with E-state index in [1.54, 1.807) is 6.92 Å². The number of nitrogens with zero attached hydrogens (tertiary/aromatic N) is 1. The Hall–Kier alpha value is -1.43. The van der Waals surface area contributed by atoms with Crippen molar-refractivity contribution in [2.24, 2.45) is 0 Å². The van der Waals surface area contributed by atoms with Gasteiger partial charge in [-0.15, -0.1) is 0 Å². The van der Waals surface area contributed by atoms with Crippen molar-refractivity contribution in [3.8, 4) is 0 Å². The molecule has 0 bridgehead atoms. The number of nitrogens with one attached hydrogen (secondary N) is 1. The number of carbonyl (C=O) groups is 1.